The molecule has 1 unspecified atom stereocenters. The second-order valence-electron chi connectivity index (χ2n) is 5.19. The lowest BCUT2D eigenvalue weighted by molar-refractivity contribution is -0.144. The minimum atomic E-state index is -0.132. The Labute approximate surface area is 125 Å². The van der Waals surface area contributed by atoms with Crippen LogP contribution in [0.1, 0.15) is 37.3 Å². The zero-order chi connectivity index (χ0) is 15.2. The van der Waals surface area contributed by atoms with E-state index >= 15 is 0 Å². The molecule has 0 aliphatic carbocycles. The molecule has 2 amide bonds. The number of methoxy groups -OCH3 is 1. The zero-order valence-electron chi connectivity index (χ0n) is 12.6. The molecule has 1 aliphatic heterocycles. The summed E-state index contributed by atoms with van der Waals surface area (Å²) < 4.78 is 5.37. The van der Waals surface area contributed by atoms with Crippen LogP contribution in [0.4, 0.5) is 0 Å². The van der Waals surface area contributed by atoms with Gasteiger partial charge in [-0.15, -0.1) is 0 Å². The van der Waals surface area contributed by atoms with Crippen molar-refractivity contribution in [1.29, 1.82) is 0 Å². The number of carbonyl (C=O) groups is 2. The van der Waals surface area contributed by atoms with Crippen molar-refractivity contribution < 1.29 is 14.3 Å². The normalized spacial score (nSPS) is 17.5. The number of likely N-dealkylation sites (tertiary alicyclic amines) is 1. The van der Waals surface area contributed by atoms with Crippen molar-refractivity contribution in [1.82, 2.24) is 10.2 Å². The third-order valence-corrected chi connectivity index (χ3v) is 3.86. The summed E-state index contributed by atoms with van der Waals surface area (Å²) in [7, 11) is 3.44. The number of benzene rings is 1. The van der Waals surface area contributed by atoms with Crippen LogP contribution in [0.15, 0.2) is 24.3 Å². The topological polar surface area (TPSA) is 58.6 Å². The Balaban J connectivity index is 2.21. The lowest BCUT2D eigenvalue weighted by atomic mass is 10.0. The molecule has 0 bridgehead atoms. The summed E-state index contributed by atoms with van der Waals surface area (Å²) in [4.78, 5) is 25.6. The third-order valence-electron chi connectivity index (χ3n) is 3.86. The first-order chi connectivity index (χ1) is 10.2. The lowest BCUT2D eigenvalue weighted by Gasteiger charge is -2.26. The van der Waals surface area contributed by atoms with Gasteiger partial charge in [-0.1, -0.05) is 18.2 Å². The predicted octanol–water partition coefficient (Wildman–Crippen LogP) is 1.88. The third kappa shape index (κ3) is 3.61. The number of nitrogens with one attached hydrogen (secondary N) is 1. The van der Waals surface area contributed by atoms with Crippen molar-refractivity contribution in [3.05, 3.63) is 29.8 Å². The molecule has 1 aliphatic rings. The fraction of sp³-hybridized carbons (Fsp3) is 0.500. The van der Waals surface area contributed by atoms with E-state index < -0.39 is 0 Å². The van der Waals surface area contributed by atoms with Gasteiger partial charge in [0.1, 0.15) is 5.75 Å². The molecular formula is C16H22N2O3. The molecule has 21 heavy (non-hydrogen) atoms. The van der Waals surface area contributed by atoms with Gasteiger partial charge in [-0.25, -0.2) is 0 Å². The number of rotatable bonds is 5. The number of para-hydroxylation sites is 1. The molecule has 1 aromatic carbocycles. The van der Waals surface area contributed by atoms with Gasteiger partial charge in [0.05, 0.1) is 13.2 Å². The Morgan fingerprint density at radius 3 is 2.38 bits per heavy atom. The van der Waals surface area contributed by atoms with Crippen LogP contribution in [-0.2, 0) is 9.59 Å². The highest BCUT2D eigenvalue weighted by Gasteiger charge is 2.27. The Morgan fingerprint density at radius 1 is 1.19 bits per heavy atom. The van der Waals surface area contributed by atoms with Gasteiger partial charge in [0, 0.05) is 24.9 Å². The van der Waals surface area contributed by atoms with E-state index in [2.05, 4.69) is 5.32 Å². The number of amides is 2. The van der Waals surface area contributed by atoms with Gasteiger partial charge in [-0.3, -0.25) is 14.5 Å². The Kier molecular flexibility index (Phi) is 5.33. The standard InChI is InChI=1S/C16H22N2O3/c1-17-13(12-7-3-4-8-14(12)21-2)11-18-15(19)9-5-6-10-16(18)20/h3-4,7-8,13,17H,5-6,9-11H2,1-2H3. The minimum Gasteiger partial charge on any atom is -0.496 e. The summed E-state index contributed by atoms with van der Waals surface area (Å²) >= 11 is 0. The fourth-order valence-corrected chi connectivity index (χ4v) is 2.65. The lowest BCUT2D eigenvalue weighted by Crippen LogP contribution is -2.41. The summed E-state index contributed by atoms with van der Waals surface area (Å²) in [6.45, 7) is 0.342. The van der Waals surface area contributed by atoms with E-state index in [1.807, 2.05) is 31.3 Å². The molecule has 1 saturated heterocycles. The van der Waals surface area contributed by atoms with Crippen LogP contribution in [0, 0.1) is 0 Å². The maximum absolute atomic E-state index is 12.1. The van der Waals surface area contributed by atoms with Crippen LogP contribution >= 0.6 is 0 Å². The number of hydrogen-bond donors (Lipinski definition) is 1. The van der Waals surface area contributed by atoms with E-state index in [0.29, 0.717) is 19.4 Å². The number of carbonyl (C=O) groups excluding carboxylic acids is 2. The van der Waals surface area contributed by atoms with E-state index in [9.17, 15) is 9.59 Å². The van der Waals surface area contributed by atoms with Crippen LogP contribution in [-0.4, -0.2) is 37.4 Å². The zero-order valence-corrected chi connectivity index (χ0v) is 12.6. The molecule has 0 spiro atoms. The minimum absolute atomic E-state index is 0.0763. The molecule has 1 aromatic rings. The second-order valence-corrected chi connectivity index (χ2v) is 5.19. The largest absolute Gasteiger partial charge is 0.496 e. The quantitative estimate of drug-likeness (QED) is 0.841. The highest BCUT2D eigenvalue weighted by atomic mass is 16.5. The Morgan fingerprint density at radius 2 is 1.81 bits per heavy atom. The first-order valence-electron chi connectivity index (χ1n) is 7.30. The van der Waals surface area contributed by atoms with Crippen LogP contribution in [0.2, 0.25) is 0 Å². The summed E-state index contributed by atoms with van der Waals surface area (Å²) in [5, 5.41) is 3.18. The summed E-state index contributed by atoms with van der Waals surface area (Å²) in [6, 6.07) is 7.52. The van der Waals surface area contributed by atoms with E-state index in [-0.39, 0.29) is 17.9 Å². The molecule has 0 aromatic heterocycles. The summed E-state index contributed by atoms with van der Waals surface area (Å²) in [5.41, 5.74) is 0.951. The van der Waals surface area contributed by atoms with Crippen molar-refractivity contribution in [3.8, 4) is 5.75 Å². The van der Waals surface area contributed by atoms with Crippen molar-refractivity contribution >= 4 is 11.8 Å². The molecule has 5 heteroatoms. The van der Waals surface area contributed by atoms with Gasteiger partial charge in [-0.05, 0) is 26.0 Å². The molecule has 0 saturated carbocycles. The molecule has 1 N–H and O–H groups in total. The summed E-state index contributed by atoms with van der Waals surface area (Å²) in [5.74, 6) is 0.604. The van der Waals surface area contributed by atoms with E-state index in [0.717, 1.165) is 24.2 Å². The van der Waals surface area contributed by atoms with Crippen LogP contribution in [0.3, 0.4) is 0 Å². The van der Waals surface area contributed by atoms with Gasteiger partial charge in [0.2, 0.25) is 11.8 Å². The molecule has 2 rings (SSSR count). The first kappa shape index (κ1) is 15.5. The van der Waals surface area contributed by atoms with Crippen LogP contribution in [0.5, 0.6) is 5.75 Å². The first-order valence-corrected chi connectivity index (χ1v) is 7.30. The van der Waals surface area contributed by atoms with E-state index in [1.54, 1.807) is 7.11 Å². The van der Waals surface area contributed by atoms with E-state index in [1.165, 1.54) is 4.90 Å². The molecule has 1 atom stereocenters. The monoisotopic (exact) mass is 290 g/mol. The number of ether oxygens (including phenoxy) is 1. The van der Waals surface area contributed by atoms with Crippen LogP contribution in [0.25, 0.3) is 0 Å². The SMILES string of the molecule is CNC(CN1C(=O)CCCCC1=O)c1ccccc1OC. The number of nitrogens with zero attached hydrogens (tertiary/aromatic N) is 1. The average molecular weight is 290 g/mol. The molecule has 1 fully saturated rings. The molecule has 0 radical (unpaired) electrons. The van der Waals surface area contributed by atoms with Gasteiger partial charge in [0.15, 0.2) is 0 Å². The van der Waals surface area contributed by atoms with Crippen molar-refractivity contribution in [2.45, 2.75) is 31.7 Å². The van der Waals surface area contributed by atoms with Gasteiger partial charge < -0.3 is 10.1 Å². The highest BCUT2D eigenvalue weighted by molar-refractivity contribution is 5.96. The van der Waals surface area contributed by atoms with E-state index in [4.69, 9.17) is 4.74 Å². The average Bonchev–Trinajstić information content (AvgIpc) is 2.67. The number of imide groups is 1. The molecular weight excluding hydrogens is 268 g/mol. The molecule has 1 heterocycles. The van der Waals surface area contributed by atoms with Crippen molar-refractivity contribution in [2.24, 2.45) is 0 Å². The van der Waals surface area contributed by atoms with Gasteiger partial charge in [-0.2, -0.15) is 0 Å². The Bertz CT molecular complexity index is 498. The number of likely N-dealkylation sites (N-methyl/N-ethyl adjacent to an activating group) is 1. The van der Waals surface area contributed by atoms with Crippen molar-refractivity contribution in [2.75, 3.05) is 20.7 Å². The summed E-state index contributed by atoms with van der Waals surface area (Å²) in [6.07, 6.45) is 2.49. The predicted molar refractivity (Wildman–Crippen MR) is 80.0 cm³/mol. The molecule has 114 valence electrons. The maximum Gasteiger partial charge on any atom is 0.229 e. The van der Waals surface area contributed by atoms with Crippen LogP contribution < -0.4 is 10.1 Å². The smallest absolute Gasteiger partial charge is 0.229 e. The molecule has 5 nitrogen and oxygen atoms in total. The van der Waals surface area contributed by atoms with Gasteiger partial charge in [0.25, 0.3) is 0 Å². The fourth-order valence-electron chi connectivity index (χ4n) is 2.65. The highest BCUT2D eigenvalue weighted by Crippen LogP contribution is 2.26. The maximum atomic E-state index is 12.1. The Hall–Kier alpha value is -1.88. The second kappa shape index (κ2) is 7.22. The number of hydrogen-bond acceptors (Lipinski definition) is 4. The van der Waals surface area contributed by atoms with Gasteiger partial charge >= 0.3 is 0 Å². The van der Waals surface area contributed by atoms with Crippen molar-refractivity contribution in [3.63, 3.8) is 0 Å².